The number of hydrogen-bond donors (Lipinski definition) is 1. The zero-order chi connectivity index (χ0) is 16.4. The number of nitrogens with one attached hydrogen (secondary N) is 1. The van der Waals surface area contributed by atoms with E-state index in [4.69, 9.17) is 4.84 Å². The topological polar surface area (TPSA) is 105 Å². The van der Waals surface area contributed by atoms with Crippen molar-refractivity contribution >= 4 is 16.3 Å². The maximum atomic E-state index is 11.0. The fourth-order valence-electron chi connectivity index (χ4n) is 0.815. The minimum absolute atomic E-state index is 0.254. The third kappa shape index (κ3) is 19.3. The lowest BCUT2D eigenvalue weighted by atomic mass is 10.3. The summed E-state index contributed by atoms with van der Waals surface area (Å²) in [5, 5.41) is 0. The minimum atomic E-state index is -4.41. The summed E-state index contributed by atoms with van der Waals surface area (Å²) in [6.45, 7) is 6.69. The molecule has 8 nitrogen and oxygen atoms in total. The molecule has 0 radical (unpaired) electrons. The maximum absolute atomic E-state index is 11.0. The van der Waals surface area contributed by atoms with Crippen molar-refractivity contribution in [1.82, 2.24) is 5.48 Å². The first-order valence-electron chi connectivity index (χ1n) is 5.78. The molecule has 1 amide bonds. The molecule has 0 unspecified atom stereocenters. The Morgan fingerprint density at radius 2 is 1.80 bits per heavy atom. The van der Waals surface area contributed by atoms with Crippen molar-refractivity contribution in [2.75, 3.05) is 41.4 Å². The molecule has 0 aliphatic carbocycles. The Bertz CT molecular complexity index is 400. The monoisotopic (exact) mass is 312 g/mol. The van der Waals surface area contributed by atoms with Gasteiger partial charge in [-0.1, -0.05) is 6.58 Å². The van der Waals surface area contributed by atoms with Crippen LogP contribution in [0.15, 0.2) is 12.2 Å². The summed E-state index contributed by atoms with van der Waals surface area (Å²) in [7, 11) is 2.75. The van der Waals surface area contributed by atoms with E-state index in [0.29, 0.717) is 12.2 Å². The average Bonchev–Trinajstić information content (AvgIpc) is 2.26. The van der Waals surface area contributed by atoms with Gasteiger partial charge in [-0.3, -0.25) is 13.8 Å². The van der Waals surface area contributed by atoms with Crippen molar-refractivity contribution in [2.45, 2.75) is 13.3 Å². The number of carbonyl (C=O) groups is 1. The lowest BCUT2D eigenvalue weighted by Gasteiger charge is -2.23. The van der Waals surface area contributed by atoms with E-state index in [2.05, 4.69) is 37.4 Å². The molecule has 0 atom stereocenters. The molecule has 0 aromatic rings. The molecule has 0 rings (SSSR count). The molecule has 0 saturated carbocycles. The Morgan fingerprint density at radius 1 is 1.35 bits per heavy atom. The molecule has 0 aromatic heterocycles. The Kier molecular flexibility index (Phi) is 10.5. The van der Waals surface area contributed by atoms with Gasteiger partial charge in [-0.15, -0.1) is 0 Å². The van der Waals surface area contributed by atoms with E-state index in [-0.39, 0.29) is 5.91 Å². The molecule has 9 heteroatoms. The fourth-order valence-corrected chi connectivity index (χ4v) is 0.815. The minimum Gasteiger partial charge on any atom is -0.726 e. The molecule has 120 valence electrons. The Balaban J connectivity index is 0. The molecule has 0 aliphatic rings. The molecule has 0 fully saturated rings. The summed E-state index contributed by atoms with van der Waals surface area (Å²) in [4.78, 5) is 15.9. The number of nitrogens with zero attached hydrogens (tertiary/aromatic N) is 1. The van der Waals surface area contributed by atoms with Crippen LogP contribution < -0.4 is 5.48 Å². The molecule has 0 spiro atoms. The Hall–Kier alpha value is -1.00. The summed E-state index contributed by atoms with van der Waals surface area (Å²) < 4.78 is 31.9. The summed E-state index contributed by atoms with van der Waals surface area (Å²) >= 11 is 0. The highest BCUT2D eigenvalue weighted by atomic mass is 32.3. The van der Waals surface area contributed by atoms with Crippen LogP contribution in [0.25, 0.3) is 0 Å². The van der Waals surface area contributed by atoms with Crippen molar-refractivity contribution in [2.24, 2.45) is 0 Å². The third-order valence-corrected chi connectivity index (χ3v) is 2.24. The van der Waals surface area contributed by atoms with Gasteiger partial charge in [0.1, 0.15) is 0 Å². The molecule has 0 saturated heterocycles. The van der Waals surface area contributed by atoms with Crippen LogP contribution in [-0.2, 0) is 24.2 Å². The summed E-state index contributed by atoms with van der Waals surface area (Å²) in [6.07, 6.45) is 0.917. The van der Waals surface area contributed by atoms with Crippen LogP contribution >= 0.6 is 0 Å². The van der Waals surface area contributed by atoms with Gasteiger partial charge in [0, 0.05) is 12.0 Å². The number of quaternary nitrogens is 1. The van der Waals surface area contributed by atoms with Gasteiger partial charge >= 0.3 is 0 Å². The van der Waals surface area contributed by atoms with Gasteiger partial charge in [-0.2, -0.15) is 0 Å². The highest BCUT2D eigenvalue weighted by molar-refractivity contribution is 7.80. The lowest BCUT2D eigenvalue weighted by Crippen LogP contribution is -2.36. The number of hydroxylamine groups is 1. The van der Waals surface area contributed by atoms with Crippen LogP contribution in [-0.4, -0.2) is 64.8 Å². The van der Waals surface area contributed by atoms with Crippen molar-refractivity contribution in [3.8, 4) is 0 Å². The quantitative estimate of drug-likeness (QED) is 0.174. The van der Waals surface area contributed by atoms with Crippen molar-refractivity contribution in [3.05, 3.63) is 12.2 Å². The second-order valence-corrected chi connectivity index (χ2v) is 6.15. The maximum Gasteiger partial charge on any atom is 0.269 e. The highest BCUT2D eigenvalue weighted by Crippen LogP contribution is 1.93. The number of carbonyl (C=O) groups excluding carboxylic acids is 1. The van der Waals surface area contributed by atoms with E-state index >= 15 is 0 Å². The molecule has 0 aliphatic heterocycles. The number of hydrogen-bond acceptors (Lipinski definition) is 6. The fraction of sp³-hybridized carbons (Fsp3) is 0.727. The molecule has 1 N–H and O–H groups in total. The van der Waals surface area contributed by atoms with E-state index in [9.17, 15) is 17.8 Å². The summed E-state index contributed by atoms with van der Waals surface area (Å²) in [6, 6.07) is 0. The van der Waals surface area contributed by atoms with Crippen LogP contribution in [0.5, 0.6) is 0 Å². The second kappa shape index (κ2) is 9.83. The van der Waals surface area contributed by atoms with Crippen LogP contribution in [0.4, 0.5) is 0 Å². The van der Waals surface area contributed by atoms with Gasteiger partial charge in [-0.05, 0) is 6.92 Å². The van der Waals surface area contributed by atoms with Crippen LogP contribution in [0.3, 0.4) is 0 Å². The van der Waals surface area contributed by atoms with Crippen LogP contribution in [0.2, 0.25) is 0 Å². The first-order valence-corrected chi connectivity index (χ1v) is 7.12. The average molecular weight is 312 g/mol. The van der Waals surface area contributed by atoms with E-state index in [1.165, 1.54) is 0 Å². The van der Waals surface area contributed by atoms with Gasteiger partial charge in [0.15, 0.2) is 0 Å². The molecule has 0 aromatic carbocycles. The molecule has 0 heterocycles. The van der Waals surface area contributed by atoms with Gasteiger partial charge in [0.25, 0.3) is 5.91 Å². The van der Waals surface area contributed by atoms with Crippen LogP contribution in [0.1, 0.15) is 13.3 Å². The van der Waals surface area contributed by atoms with Gasteiger partial charge in [0.2, 0.25) is 10.4 Å². The smallest absolute Gasteiger partial charge is 0.269 e. The predicted molar refractivity (Wildman–Crippen MR) is 73.1 cm³/mol. The standard InChI is InChI=1S/C10H20N2O2.CH4O4S/c1-9(2)10(13)11-14-8-6-7-12(3,4)5;1-5-6(2,3)4/h1,6-8H2,2-5H3;1H3,(H,2,3,4). The number of amides is 1. The molecular weight excluding hydrogens is 288 g/mol. The SMILES string of the molecule is C=C(C)C(=O)NOCCC[N+](C)(C)C.COS(=O)(=O)[O-]. The van der Waals surface area contributed by atoms with E-state index < -0.39 is 10.4 Å². The van der Waals surface area contributed by atoms with Gasteiger partial charge < -0.3 is 9.04 Å². The summed E-state index contributed by atoms with van der Waals surface area (Å²) in [5.74, 6) is -0.254. The second-order valence-electron chi connectivity index (χ2n) is 5.00. The van der Waals surface area contributed by atoms with Crippen molar-refractivity contribution in [1.29, 1.82) is 0 Å². The molecular formula is C11H24N2O6S. The normalized spacial score (nSPS) is 11.3. The van der Waals surface area contributed by atoms with Gasteiger partial charge in [-0.25, -0.2) is 13.9 Å². The van der Waals surface area contributed by atoms with Crippen molar-refractivity contribution in [3.63, 3.8) is 0 Å². The zero-order valence-electron chi connectivity index (χ0n) is 12.6. The number of rotatable bonds is 7. The molecule has 20 heavy (non-hydrogen) atoms. The van der Waals surface area contributed by atoms with E-state index in [1.807, 2.05) is 0 Å². The largest absolute Gasteiger partial charge is 0.726 e. The molecule has 0 bridgehead atoms. The zero-order valence-corrected chi connectivity index (χ0v) is 13.4. The summed E-state index contributed by atoms with van der Waals surface area (Å²) in [5.41, 5.74) is 2.78. The van der Waals surface area contributed by atoms with E-state index in [1.54, 1.807) is 6.92 Å². The lowest BCUT2D eigenvalue weighted by molar-refractivity contribution is -0.870. The van der Waals surface area contributed by atoms with Gasteiger partial charge in [0.05, 0.1) is 41.4 Å². The van der Waals surface area contributed by atoms with Crippen molar-refractivity contribution < 1.29 is 31.3 Å². The predicted octanol–water partition coefficient (Wildman–Crippen LogP) is -0.200. The highest BCUT2D eigenvalue weighted by Gasteiger charge is 2.06. The first kappa shape index (κ1) is 21.3. The Morgan fingerprint density at radius 3 is 2.10 bits per heavy atom. The first-order chi connectivity index (χ1) is 8.89. The van der Waals surface area contributed by atoms with Crippen LogP contribution in [0, 0.1) is 0 Å². The van der Waals surface area contributed by atoms with E-state index in [0.717, 1.165) is 24.6 Å². The third-order valence-electron chi connectivity index (χ3n) is 1.83. The Labute approximate surface area is 120 Å².